The molecule has 2 amide bonds. The molecule has 0 aliphatic rings. The molecule has 2 aromatic carbocycles. The predicted molar refractivity (Wildman–Crippen MR) is 129 cm³/mol. The van der Waals surface area contributed by atoms with Crippen LogP contribution in [0.15, 0.2) is 53.9 Å². The van der Waals surface area contributed by atoms with Gasteiger partial charge in [-0.2, -0.15) is 0 Å². The molecular formula is C23H26ClN5O2S. The topological polar surface area (TPSA) is 88.9 Å². The van der Waals surface area contributed by atoms with Crippen molar-refractivity contribution < 1.29 is 9.59 Å². The lowest BCUT2D eigenvalue weighted by Gasteiger charge is -2.10. The molecule has 0 spiro atoms. The first-order valence-electron chi connectivity index (χ1n) is 10.4. The van der Waals surface area contributed by atoms with Gasteiger partial charge in [0.1, 0.15) is 6.33 Å². The Morgan fingerprint density at radius 3 is 2.56 bits per heavy atom. The molecule has 0 unspecified atom stereocenters. The van der Waals surface area contributed by atoms with Crippen molar-refractivity contribution in [1.82, 2.24) is 20.1 Å². The number of nitrogens with zero attached hydrogens (tertiary/aromatic N) is 3. The summed E-state index contributed by atoms with van der Waals surface area (Å²) in [6.45, 7) is 6.85. The lowest BCUT2D eigenvalue weighted by atomic mass is 10.0. The largest absolute Gasteiger partial charge is 0.352 e. The number of rotatable bonds is 9. The van der Waals surface area contributed by atoms with Crippen LogP contribution in [0, 0.1) is 0 Å². The van der Waals surface area contributed by atoms with E-state index >= 15 is 0 Å². The monoisotopic (exact) mass is 471 g/mol. The highest BCUT2D eigenvalue weighted by Gasteiger charge is 2.13. The first-order chi connectivity index (χ1) is 15.4. The molecule has 1 heterocycles. The summed E-state index contributed by atoms with van der Waals surface area (Å²) in [7, 11) is 0. The lowest BCUT2D eigenvalue weighted by molar-refractivity contribution is -0.113. The van der Waals surface area contributed by atoms with E-state index in [1.807, 2.05) is 23.6 Å². The van der Waals surface area contributed by atoms with Crippen molar-refractivity contribution in [2.45, 2.75) is 38.3 Å². The highest BCUT2D eigenvalue weighted by atomic mass is 35.5. The normalized spacial score (nSPS) is 10.9. The van der Waals surface area contributed by atoms with Crippen molar-refractivity contribution in [1.29, 1.82) is 0 Å². The first-order valence-corrected chi connectivity index (χ1v) is 11.8. The van der Waals surface area contributed by atoms with Gasteiger partial charge in [-0.25, -0.2) is 0 Å². The number of thioether (sulfide) groups is 1. The Morgan fingerprint density at radius 1 is 1.16 bits per heavy atom. The third-order valence-electron chi connectivity index (χ3n) is 4.72. The molecule has 3 rings (SSSR count). The molecule has 0 bridgehead atoms. The van der Waals surface area contributed by atoms with E-state index in [-0.39, 0.29) is 22.6 Å². The minimum atomic E-state index is -0.231. The van der Waals surface area contributed by atoms with Gasteiger partial charge in [0.05, 0.1) is 16.3 Å². The summed E-state index contributed by atoms with van der Waals surface area (Å²) < 4.78 is 1.85. The Balaban J connectivity index is 1.60. The van der Waals surface area contributed by atoms with Gasteiger partial charge in [0, 0.05) is 17.9 Å². The SMILES string of the molecule is CCCNC(=O)c1ccc(NC(=O)CSc2nncn2-c2ccc(C(C)C)cc2)cc1Cl. The molecular weight excluding hydrogens is 446 g/mol. The minimum Gasteiger partial charge on any atom is -0.352 e. The smallest absolute Gasteiger partial charge is 0.252 e. The molecule has 1 aromatic heterocycles. The zero-order valence-corrected chi connectivity index (χ0v) is 19.8. The quantitative estimate of drug-likeness (QED) is 0.432. The van der Waals surface area contributed by atoms with Crippen LogP contribution in [0.25, 0.3) is 5.69 Å². The molecule has 0 atom stereocenters. The fourth-order valence-electron chi connectivity index (χ4n) is 2.96. The Bertz CT molecular complexity index is 1080. The van der Waals surface area contributed by atoms with E-state index in [2.05, 4.69) is 46.8 Å². The summed E-state index contributed by atoms with van der Waals surface area (Å²) in [6, 6.07) is 13.0. The van der Waals surface area contributed by atoms with Crippen LogP contribution < -0.4 is 10.6 Å². The van der Waals surface area contributed by atoms with Gasteiger partial charge in [-0.3, -0.25) is 14.2 Å². The number of carbonyl (C=O) groups excluding carboxylic acids is 2. The van der Waals surface area contributed by atoms with Crippen molar-refractivity contribution in [2.24, 2.45) is 0 Å². The Morgan fingerprint density at radius 2 is 1.91 bits per heavy atom. The molecule has 7 nitrogen and oxygen atoms in total. The van der Waals surface area contributed by atoms with Crippen LogP contribution in [-0.4, -0.2) is 38.9 Å². The fraction of sp³-hybridized carbons (Fsp3) is 0.304. The molecule has 0 aliphatic carbocycles. The number of carbonyl (C=O) groups is 2. The number of hydrogen-bond donors (Lipinski definition) is 2. The Labute approximate surface area is 197 Å². The van der Waals surface area contributed by atoms with Gasteiger partial charge in [0.2, 0.25) is 5.91 Å². The van der Waals surface area contributed by atoms with Gasteiger partial charge >= 0.3 is 0 Å². The van der Waals surface area contributed by atoms with Gasteiger partial charge < -0.3 is 10.6 Å². The van der Waals surface area contributed by atoms with Crippen LogP contribution in [0.4, 0.5) is 5.69 Å². The van der Waals surface area contributed by atoms with Crippen LogP contribution in [0.2, 0.25) is 5.02 Å². The van der Waals surface area contributed by atoms with Crippen LogP contribution in [0.1, 0.15) is 49.0 Å². The highest BCUT2D eigenvalue weighted by Crippen LogP contribution is 2.24. The van der Waals surface area contributed by atoms with Crippen molar-refractivity contribution in [3.63, 3.8) is 0 Å². The number of benzene rings is 2. The molecule has 168 valence electrons. The van der Waals surface area contributed by atoms with Crippen LogP contribution in [0.3, 0.4) is 0 Å². The second-order valence-corrected chi connectivity index (χ2v) is 8.87. The number of halogens is 1. The van der Waals surface area contributed by atoms with E-state index in [1.54, 1.807) is 24.5 Å². The second kappa shape index (κ2) is 11.2. The van der Waals surface area contributed by atoms with Gasteiger partial charge in [-0.15, -0.1) is 10.2 Å². The van der Waals surface area contributed by atoms with E-state index in [0.717, 1.165) is 12.1 Å². The van der Waals surface area contributed by atoms with Crippen molar-refractivity contribution in [3.8, 4) is 5.69 Å². The van der Waals surface area contributed by atoms with E-state index in [9.17, 15) is 9.59 Å². The standard InChI is InChI=1S/C23H26ClN5O2S/c1-4-11-25-22(31)19-10-7-17(12-20(19)24)27-21(30)13-32-23-28-26-14-29(23)18-8-5-16(6-9-18)15(2)3/h5-10,12,14-15H,4,11,13H2,1-3H3,(H,25,31)(H,27,30). The molecule has 3 aromatic rings. The molecule has 9 heteroatoms. The number of nitrogens with one attached hydrogen (secondary N) is 2. The minimum absolute atomic E-state index is 0.152. The van der Waals surface area contributed by atoms with Gasteiger partial charge in [-0.05, 0) is 48.2 Å². The molecule has 2 N–H and O–H groups in total. The zero-order valence-electron chi connectivity index (χ0n) is 18.3. The number of hydrogen-bond acceptors (Lipinski definition) is 5. The van der Waals surface area contributed by atoms with Gasteiger partial charge in [-0.1, -0.05) is 56.3 Å². The maximum atomic E-state index is 12.4. The average molecular weight is 472 g/mol. The Kier molecular flexibility index (Phi) is 8.30. The maximum absolute atomic E-state index is 12.4. The summed E-state index contributed by atoms with van der Waals surface area (Å²) in [5, 5.41) is 14.6. The third kappa shape index (κ3) is 6.11. The van der Waals surface area contributed by atoms with Gasteiger partial charge in [0.25, 0.3) is 5.91 Å². The van der Waals surface area contributed by atoms with Crippen LogP contribution in [-0.2, 0) is 4.79 Å². The van der Waals surface area contributed by atoms with E-state index in [4.69, 9.17) is 11.6 Å². The number of anilines is 1. The molecule has 0 fully saturated rings. The number of aromatic nitrogens is 3. The summed E-state index contributed by atoms with van der Waals surface area (Å²) in [6.07, 6.45) is 2.47. The lowest BCUT2D eigenvalue weighted by Crippen LogP contribution is -2.24. The number of amides is 2. The van der Waals surface area contributed by atoms with Gasteiger partial charge in [0.15, 0.2) is 5.16 Å². The summed E-state index contributed by atoms with van der Waals surface area (Å²) in [5.41, 5.74) is 3.09. The molecule has 32 heavy (non-hydrogen) atoms. The van der Waals surface area contributed by atoms with Crippen molar-refractivity contribution in [2.75, 3.05) is 17.6 Å². The molecule has 0 saturated carbocycles. The van der Waals surface area contributed by atoms with E-state index in [0.29, 0.717) is 28.9 Å². The second-order valence-electron chi connectivity index (χ2n) is 7.52. The van der Waals surface area contributed by atoms with E-state index in [1.165, 1.54) is 17.3 Å². The van der Waals surface area contributed by atoms with Crippen LogP contribution in [0.5, 0.6) is 0 Å². The molecule has 0 saturated heterocycles. The maximum Gasteiger partial charge on any atom is 0.252 e. The summed E-state index contributed by atoms with van der Waals surface area (Å²) in [5.74, 6) is 0.167. The van der Waals surface area contributed by atoms with Crippen molar-refractivity contribution >= 4 is 40.9 Å². The summed E-state index contributed by atoms with van der Waals surface area (Å²) in [4.78, 5) is 24.5. The third-order valence-corrected chi connectivity index (χ3v) is 5.98. The fourth-order valence-corrected chi connectivity index (χ4v) is 3.95. The van der Waals surface area contributed by atoms with Crippen molar-refractivity contribution in [3.05, 3.63) is 64.9 Å². The Hall–Kier alpha value is -2.84. The molecule has 0 radical (unpaired) electrons. The first kappa shape index (κ1) is 23.8. The molecule has 0 aliphatic heterocycles. The highest BCUT2D eigenvalue weighted by molar-refractivity contribution is 7.99. The van der Waals surface area contributed by atoms with Crippen LogP contribution >= 0.6 is 23.4 Å². The summed E-state index contributed by atoms with van der Waals surface area (Å²) >= 11 is 7.51. The zero-order chi connectivity index (χ0) is 23.1. The average Bonchev–Trinajstić information content (AvgIpc) is 3.25. The van der Waals surface area contributed by atoms with E-state index < -0.39 is 0 Å². The predicted octanol–water partition coefficient (Wildman–Crippen LogP) is 4.91.